The van der Waals surface area contributed by atoms with E-state index >= 15 is 0 Å². The molecule has 2 aromatic heterocycles. The molecule has 0 unspecified atom stereocenters. The fourth-order valence-electron chi connectivity index (χ4n) is 2.14. The van der Waals surface area contributed by atoms with Crippen molar-refractivity contribution < 1.29 is 4.79 Å². The molecule has 3 rings (SSSR count). The van der Waals surface area contributed by atoms with Crippen LogP contribution < -0.4 is 10.9 Å². The molecule has 0 spiro atoms. The number of carbonyl (C=O) groups is 1. The van der Waals surface area contributed by atoms with Gasteiger partial charge in [0.15, 0.2) is 5.16 Å². The summed E-state index contributed by atoms with van der Waals surface area (Å²) < 4.78 is 1.49. The molecule has 1 amide bonds. The van der Waals surface area contributed by atoms with Gasteiger partial charge in [0.25, 0.3) is 5.56 Å². The Labute approximate surface area is 151 Å². The van der Waals surface area contributed by atoms with Crippen molar-refractivity contribution in [3.63, 3.8) is 0 Å². The Balaban J connectivity index is 1.70. The van der Waals surface area contributed by atoms with Gasteiger partial charge in [-0.05, 0) is 35.9 Å². The van der Waals surface area contributed by atoms with Gasteiger partial charge in [0, 0.05) is 17.6 Å². The van der Waals surface area contributed by atoms with Crippen molar-refractivity contribution in [3.05, 3.63) is 46.1 Å². The van der Waals surface area contributed by atoms with E-state index in [1.165, 1.54) is 27.7 Å². The van der Waals surface area contributed by atoms with Gasteiger partial charge in [0.1, 0.15) is 4.83 Å². The first-order valence-corrected chi connectivity index (χ1v) is 10.2. The van der Waals surface area contributed by atoms with E-state index in [1.807, 2.05) is 35.9 Å². The molecule has 0 saturated heterocycles. The normalized spacial score (nSPS) is 10.9. The zero-order chi connectivity index (χ0) is 17.1. The van der Waals surface area contributed by atoms with E-state index in [2.05, 4.69) is 10.3 Å². The van der Waals surface area contributed by atoms with E-state index in [1.54, 1.807) is 24.9 Å². The second-order valence-corrected chi connectivity index (χ2v) is 7.68. The van der Waals surface area contributed by atoms with Crippen LogP contribution in [0.25, 0.3) is 10.2 Å². The van der Waals surface area contributed by atoms with Crippen molar-refractivity contribution in [3.8, 4) is 0 Å². The van der Waals surface area contributed by atoms with Gasteiger partial charge >= 0.3 is 0 Å². The summed E-state index contributed by atoms with van der Waals surface area (Å²) >= 11 is 4.31. The highest BCUT2D eigenvalue weighted by Gasteiger charge is 2.12. The largest absolute Gasteiger partial charge is 0.325 e. The molecule has 8 heteroatoms. The summed E-state index contributed by atoms with van der Waals surface area (Å²) in [5, 5.41) is 5.87. The Morgan fingerprint density at radius 3 is 3.00 bits per heavy atom. The van der Waals surface area contributed by atoms with Crippen molar-refractivity contribution >= 4 is 56.7 Å². The third-order valence-electron chi connectivity index (χ3n) is 3.35. The molecule has 0 aliphatic carbocycles. The molecule has 0 aliphatic heterocycles. The predicted octanol–water partition coefficient (Wildman–Crippen LogP) is 3.45. The molecule has 2 heterocycles. The van der Waals surface area contributed by atoms with Gasteiger partial charge in [-0.2, -0.15) is 0 Å². The third-order valence-corrected chi connectivity index (χ3v) is 5.91. The molecule has 1 N–H and O–H groups in total. The van der Waals surface area contributed by atoms with Crippen molar-refractivity contribution in [2.75, 3.05) is 17.3 Å². The summed E-state index contributed by atoms with van der Waals surface area (Å²) in [4.78, 5) is 30.6. The molecule has 1 aromatic carbocycles. The minimum Gasteiger partial charge on any atom is -0.325 e. The van der Waals surface area contributed by atoms with Gasteiger partial charge in [-0.15, -0.1) is 23.1 Å². The van der Waals surface area contributed by atoms with Gasteiger partial charge < -0.3 is 5.32 Å². The molecular weight excluding hydrogens is 362 g/mol. The number of thiophene rings is 1. The second-order valence-electron chi connectivity index (χ2n) is 4.97. The number of rotatable bonds is 5. The molecule has 0 aliphatic rings. The SMILES string of the molecule is CSc1cccc(NC(=O)CSc2nc3sccc3c(=O)n2C)c1. The van der Waals surface area contributed by atoms with Crippen molar-refractivity contribution in [1.29, 1.82) is 0 Å². The number of fused-ring (bicyclic) bond motifs is 1. The molecule has 24 heavy (non-hydrogen) atoms. The Bertz CT molecular complexity index is 949. The number of aromatic nitrogens is 2. The van der Waals surface area contributed by atoms with E-state index in [0.29, 0.717) is 15.4 Å². The fourth-order valence-corrected chi connectivity index (χ4v) is 4.17. The first-order valence-electron chi connectivity index (χ1n) is 7.09. The Morgan fingerprint density at radius 1 is 1.38 bits per heavy atom. The van der Waals surface area contributed by atoms with Gasteiger partial charge in [-0.1, -0.05) is 17.8 Å². The number of anilines is 1. The highest BCUT2D eigenvalue weighted by Crippen LogP contribution is 2.22. The van der Waals surface area contributed by atoms with Crippen LogP contribution in [-0.4, -0.2) is 27.5 Å². The van der Waals surface area contributed by atoms with Crippen LogP contribution in [0.3, 0.4) is 0 Å². The Hall–Kier alpha value is -1.77. The van der Waals surface area contributed by atoms with E-state index in [9.17, 15) is 9.59 Å². The molecule has 124 valence electrons. The maximum absolute atomic E-state index is 12.2. The van der Waals surface area contributed by atoms with Crippen molar-refractivity contribution in [2.24, 2.45) is 7.05 Å². The van der Waals surface area contributed by atoms with Gasteiger partial charge in [-0.25, -0.2) is 4.98 Å². The van der Waals surface area contributed by atoms with Gasteiger partial charge in [-0.3, -0.25) is 14.2 Å². The van der Waals surface area contributed by atoms with Crippen molar-refractivity contribution in [1.82, 2.24) is 9.55 Å². The van der Waals surface area contributed by atoms with Crippen LogP contribution in [0.4, 0.5) is 5.69 Å². The molecule has 0 fully saturated rings. The number of thioether (sulfide) groups is 2. The summed E-state index contributed by atoms with van der Waals surface area (Å²) in [5.74, 6) is 0.0690. The molecule has 0 radical (unpaired) electrons. The quantitative estimate of drug-likeness (QED) is 0.545. The minimum absolute atomic E-state index is 0.0863. The zero-order valence-electron chi connectivity index (χ0n) is 13.1. The Morgan fingerprint density at radius 2 is 2.21 bits per heavy atom. The van der Waals surface area contributed by atoms with E-state index in [4.69, 9.17) is 0 Å². The first kappa shape index (κ1) is 17.1. The molecule has 0 bridgehead atoms. The molecule has 0 atom stereocenters. The summed E-state index contributed by atoms with van der Waals surface area (Å²) in [7, 11) is 1.68. The predicted molar refractivity (Wildman–Crippen MR) is 102 cm³/mol. The number of hydrogen-bond acceptors (Lipinski definition) is 6. The van der Waals surface area contributed by atoms with Crippen LogP contribution in [0.5, 0.6) is 0 Å². The van der Waals surface area contributed by atoms with E-state index < -0.39 is 0 Å². The molecule has 3 aromatic rings. The van der Waals surface area contributed by atoms with Crippen molar-refractivity contribution in [2.45, 2.75) is 10.1 Å². The lowest BCUT2D eigenvalue weighted by atomic mass is 10.3. The standard InChI is InChI=1S/C16H15N3O2S3/c1-19-15(21)12-6-7-23-14(12)18-16(19)24-9-13(20)17-10-4-3-5-11(8-10)22-2/h3-8H,9H2,1-2H3,(H,17,20). The lowest BCUT2D eigenvalue weighted by Crippen LogP contribution is -2.20. The lowest BCUT2D eigenvalue weighted by molar-refractivity contribution is -0.113. The molecule has 0 saturated carbocycles. The zero-order valence-corrected chi connectivity index (χ0v) is 15.6. The number of carbonyl (C=O) groups excluding carboxylic acids is 1. The smallest absolute Gasteiger partial charge is 0.262 e. The minimum atomic E-state index is -0.126. The number of hydrogen-bond donors (Lipinski definition) is 1. The van der Waals surface area contributed by atoms with Crippen LogP contribution in [0.2, 0.25) is 0 Å². The number of nitrogens with zero attached hydrogens (tertiary/aromatic N) is 2. The molecular formula is C16H15N3O2S3. The summed E-state index contributed by atoms with van der Waals surface area (Å²) in [6.07, 6.45) is 1.99. The summed E-state index contributed by atoms with van der Waals surface area (Å²) in [6, 6.07) is 9.46. The number of benzene rings is 1. The summed E-state index contributed by atoms with van der Waals surface area (Å²) in [6.45, 7) is 0. The van der Waals surface area contributed by atoms with Gasteiger partial charge in [0.2, 0.25) is 5.91 Å². The van der Waals surface area contributed by atoms with Crippen LogP contribution in [0, 0.1) is 0 Å². The van der Waals surface area contributed by atoms with Crippen LogP contribution in [0.1, 0.15) is 0 Å². The maximum Gasteiger partial charge on any atom is 0.262 e. The third kappa shape index (κ3) is 3.66. The number of amides is 1. The topological polar surface area (TPSA) is 64.0 Å². The van der Waals surface area contributed by atoms with E-state index in [0.717, 1.165) is 10.6 Å². The fraction of sp³-hybridized carbons (Fsp3) is 0.188. The second kappa shape index (κ2) is 7.42. The Kier molecular flexibility index (Phi) is 5.27. The molecule has 5 nitrogen and oxygen atoms in total. The maximum atomic E-state index is 12.2. The average molecular weight is 378 g/mol. The first-order chi connectivity index (χ1) is 11.6. The van der Waals surface area contributed by atoms with Gasteiger partial charge in [0.05, 0.1) is 11.1 Å². The van der Waals surface area contributed by atoms with E-state index in [-0.39, 0.29) is 17.2 Å². The summed E-state index contributed by atoms with van der Waals surface area (Å²) in [5.41, 5.74) is 0.680. The monoisotopic (exact) mass is 377 g/mol. The van der Waals surface area contributed by atoms with Crippen LogP contribution in [-0.2, 0) is 11.8 Å². The van der Waals surface area contributed by atoms with Crippen LogP contribution in [0.15, 0.2) is 50.6 Å². The highest BCUT2D eigenvalue weighted by molar-refractivity contribution is 7.99. The number of nitrogens with one attached hydrogen (secondary N) is 1. The lowest BCUT2D eigenvalue weighted by Gasteiger charge is -2.08. The average Bonchev–Trinajstić information content (AvgIpc) is 3.05. The highest BCUT2D eigenvalue weighted by atomic mass is 32.2. The van der Waals surface area contributed by atoms with Crippen LogP contribution >= 0.6 is 34.9 Å².